The summed E-state index contributed by atoms with van der Waals surface area (Å²) in [5, 5.41) is 0. The first kappa shape index (κ1) is 47.8. The SMILES string of the molecule is Cc1ccc(N(c2ccc(C)cc2)c2ccc3c(c2)N(c2ccccc2)c2cc(N(c4ccc(-c5ccccc5)cc4)c4ccc(-c5ccccc5)cc4)ccc2B3c2c(-c3ccccc3)cccc2-c2ccccc2)cc1. The van der Waals surface area contributed by atoms with Gasteiger partial charge in [-0.25, -0.2) is 0 Å². The molecule has 0 fully saturated rings. The van der Waals surface area contributed by atoms with E-state index < -0.39 is 0 Å². The predicted octanol–water partition coefficient (Wildman–Crippen LogP) is 18.2. The van der Waals surface area contributed by atoms with Crippen molar-refractivity contribution in [1.82, 2.24) is 0 Å². The van der Waals surface area contributed by atoms with Crippen LogP contribution in [0.2, 0.25) is 0 Å². The first-order chi connectivity index (χ1) is 38.5. The minimum absolute atomic E-state index is 0.180. The quantitative estimate of drug-likeness (QED) is 0.113. The Morgan fingerprint density at radius 1 is 0.269 bits per heavy atom. The fourth-order valence-electron chi connectivity index (χ4n) is 11.4. The summed E-state index contributed by atoms with van der Waals surface area (Å²) in [6.07, 6.45) is 0. The third-order valence-corrected chi connectivity index (χ3v) is 15.3. The standard InChI is InChI=1S/C74H56BN3/c1-53-31-39-62(40-32-53)76(63-41-33-54(2)34-42-63)66-47-49-70-72(51-66)78(61-27-16-7-17-28-61)73-52-67(48-50-71(73)75(70)74-68(59-23-12-5-13-24-59)29-18-30-69(74)60-25-14-6-15-26-60)77(64-43-35-57(36-44-64)55-19-8-3-9-20-55)65-45-37-58(38-46-65)56-21-10-4-11-22-56/h3-52H,1-2H3. The van der Waals surface area contributed by atoms with Crippen molar-refractivity contribution >= 4 is 74.3 Å². The zero-order valence-electron chi connectivity index (χ0n) is 43.8. The number of rotatable bonds is 12. The van der Waals surface area contributed by atoms with Crippen molar-refractivity contribution < 1.29 is 0 Å². The minimum Gasteiger partial charge on any atom is -0.311 e. The molecule has 13 rings (SSSR count). The van der Waals surface area contributed by atoms with Gasteiger partial charge in [0.1, 0.15) is 0 Å². The van der Waals surface area contributed by atoms with E-state index in [0.29, 0.717) is 0 Å². The summed E-state index contributed by atoms with van der Waals surface area (Å²) in [6, 6.07) is 111. The summed E-state index contributed by atoms with van der Waals surface area (Å²) in [7, 11) is 0. The number of anilines is 9. The maximum absolute atomic E-state index is 2.51. The highest BCUT2D eigenvalue weighted by Crippen LogP contribution is 2.45. The largest absolute Gasteiger partial charge is 0.311 e. The Morgan fingerprint density at radius 2 is 0.577 bits per heavy atom. The maximum atomic E-state index is 2.51. The molecule has 1 aliphatic heterocycles. The number of nitrogens with zero attached hydrogens (tertiary/aromatic N) is 3. The molecule has 0 aliphatic carbocycles. The van der Waals surface area contributed by atoms with Crippen molar-refractivity contribution in [2.24, 2.45) is 0 Å². The molecule has 12 aromatic rings. The molecule has 0 saturated carbocycles. The molecule has 0 N–H and O–H groups in total. The molecule has 0 saturated heterocycles. The second-order valence-corrected chi connectivity index (χ2v) is 20.3. The molecule has 3 nitrogen and oxygen atoms in total. The number of hydrogen-bond donors (Lipinski definition) is 0. The van der Waals surface area contributed by atoms with Gasteiger partial charge in [0.2, 0.25) is 6.71 Å². The molecule has 1 aliphatic rings. The summed E-state index contributed by atoms with van der Waals surface area (Å²) < 4.78 is 0. The van der Waals surface area contributed by atoms with Gasteiger partial charge in [0.05, 0.1) is 0 Å². The summed E-state index contributed by atoms with van der Waals surface area (Å²) in [4.78, 5) is 7.33. The number of hydrogen-bond acceptors (Lipinski definition) is 3. The van der Waals surface area contributed by atoms with Crippen LogP contribution < -0.4 is 31.1 Å². The second-order valence-electron chi connectivity index (χ2n) is 20.3. The Labute approximate surface area is 459 Å². The number of para-hydroxylation sites is 1. The van der Waals surface area contributed by atoms with Crippen LogP contribution in [0.15, 0.2) is 303 Å². The van der Waals surface area contributed by atoms with Crippen LogP contribution in [0.1, 0.15) is 11.1 Å². The molecule has 12 aromatic carbocycles. The second kappa shape index (κ2) is 21.0. The van der Waals surface area contributed by atoms with E-state index in [1.54, 1.807) is 0 Å². The van der Waals surface area contributed by atoms with Crippen LogP contribution in [0.5, 0.6) is 0 Å². The van der Waals surface area contributed by atoms with Crippen LogP contribution >= 0.6 is 0 Å². The lowest BCUT2D eigenvalue weighted by atomic mass is 9.33. The predicted molar refractivity (Wildman–Crippen MR) is 333 cm³/mol. The van der Waals surface area contributed by atoms with E-state index in [0.717, 1.165) is 51.2 Å². The first-order valence-corrected chi connectivity index (χ1v) is 26.9. The van der Waals surface area contributed by atoms with Crippen molar-refractivity contribution in [3.05, 3.63) is 314 Å². The average molecular weight is 998 g/mol. The monoisotopic (exact) mass is 997 g/mol. The molecule has 0 atom stereocenters. The Bertz CT molecular complexity index is 3810. The fourth-order valence-corrected chi connectivity index (χ4v) is 11.4. The van der Waals surface area contributed by atoms with Gasteiger partial charge in [0.25, 0.3) is 0 Å². The summed E-state index contributed by atoms with van der Waals surface area (Å²) >= 11 is 0. The highest BCUT2D eigenvalue weighted by Gasteiger charge is 2.39. The first-order valence-electron chi connectivity index (χ1n) is 26.9. The zero-order valence-corrected chi connectivity index (χ0v) is 43.8. The summed E-state index contributed by atoms with van der Waals surface area (Å²) in [6.45, 7) is 4.13. The van der Waals surface area contributed by atoms with Crippen LogP contribution in [-0.4, -0.2) is 6.71 Å². The number of fused-ring (bicyclic) bond motifs is 2. The van der Waals surface area contributed by atoms with Gasteiger partial charge in [-0.15, -0.1) is 0 Å². The molecule has 370 valence electrons. The molecule has 78 heavy (non-hydrogen) atoms. The normalized spacial score (nSPS) is 11.7. The van der Waals surface area contributed by atoms with Crippen molar-refractivity contribution in [2.75, 3.05) is 14.7 Å². The molecule has 0 bridgehead atoms. The molecule has 0 radical (unpaired) electrons. The van der Waals surface area contributed by atoms with Crippen molar-refractivity contribution in [1.29, 1.82) is 0 Å². The lowest BCUT2D eigenvalue weighted by Gasteiger charge is -2.40. The van der Waals surface area contributed by atoms with E-state index in [2.05, 4.69) is 332 Å². The van der Waals surface area contributed by atoms with E-state index in [4.69, 9.17) is 0 Å². The Balaban J connectivity index is 1.08. The van der Waals surface area contributed by atoms with Crippen LogP contribution in [0.25, 0.3) is 44.5 Å². The Hall–Kier alpha value is -9.90. The van der Waals surface area contributed by atoms with Gasteiger partial charge >= 0.3 is 0 Å². The van der Waals surface area contributed by atoms with Crippen LogP contribution in [0.3, 0.4) is 0 Å². The maximum Gasteiger partial charge on any atom is 0.248 e. The van der Waals surface area contributed by atoms with Crippen LogP contribution in [0, 0.1) is 13.8 Å². The molecular formula is C74H56BN3. The third kappa shape index (κ3) is 9.24. The van der Waals surface area contributed by atoms with E-state index in [-0.39, 0.29) is 6.71 Å². The van der Waals surface area contributed by atoms with E-state index >= 15 is 0 Å². The van der Waals surface area contributed by atoms with Crippen molar-refractivity contribution in [3.8, 4) is 44.5 Å². The number of benzene rings is 12. The van der Waals surface area contributed by atoms with E-state index in [1.165, 1.54) is 72.0 Å². The third-order valence-electron chi connectivity index (χ3n) is 15.3. The lowest BCUT2D eigenvalue weighted by Crippen LogP contribution is -2.58. The molecule has 0 amide bonds. The van der Waals surface area contributed by atoms with Gasteiger partial charge in [-0.2, -0.15) is 0 Å². The van der Waals surface area contributed by atoms with E-state index in [1.807, 2.05) is 0 Å². The highest BCUT2D eigenvalue weighted by atomic mass is 15.2. The topological polar surface area (TPSA) is 9.72 Å². The summed E-state index contributed by atoms with van der Waals surface area (Å²) in [5.74, 6) is 0. The van der Waals surface area contributed by atoms with Gasteiger partial charge in [-0.1, -0.05) is 235 Å². The summed E-state index contributed by atoms with van der Waals surface area (Å²) in [5.41, 5.74) is 25.4. The molecule has 0 aromatic heterocycles. The zero-order chi connectivity index (χ0) is 52.4. The van der Waals surface area contributed by atoms with Gasteiger partial charge in [0, 0.05) is 51.2 Å². The fraction of sp³-hybridized carbons (Fsp3) is 0.0270. The van der Waals surface area contributed by atoms with Crippen LogP contribution in [-0.2, 0) is 0 Å². The minimum atomic E-state index is -0.180. The Morgan fingerprint density at radius 3 is 0.949 bits per heavy atom. The van der Waals surface area contributed by atoms with Gasteiger partial charge < -0.3 is 14.7 Å². The van der Waals surface area contributed by atoms with Crippen molar-refractivity contribution in [2.45, 2.75) is 13.8 Å². The van der Waals surface area contributed by atoms with Crippen LogP contribution in [0.4, 0.5) is 51.2 Å². The Kier molecular flexibility index (Phi) is 12.9. The molecule has 4 heteroatoms. The van der Waals surface area contributed by atoms with Gasteiger partial charge in [-0.05, 0) is 154 Å². The molecule has 0 spiro atoms. The molecule has 1 heterocycles. The van der Waals surface area contributed by atoms with Gasteiger partial charge in [0.15, 0.2) is 0 Å². The molecule has 0 unspecified atom stereocenters. The smallest absolute Gasteiger partial charge is 0.248 e. The number of aryl methyl sites for hydroxylation is 2. The lowest BCUT2D eigenvalue weighted by molar-refractivity contribution is 1.24. The van der Waals surface area contributed by atoms with Gasteiger partial charge in [-0.3, -0.25) is 0 Å². The average Bonchev–Trinajstić information content (AvgIpc) is 3.62. The molecular weight excluding hydrogens is 942 g/mol. The van der Waals surface area contributed by atoms with E-state index in [9.17, 15) is 0 Å². The van der Waals surface area contributed by atoms with Crippen molar-refractivity contribution in [3.63, 3.8) is 0 Å². The highest BCUT2D eigenvalue weighted by molar-refractivity contribution is 6.99.